The third-order valence-electron chi connectivity index (χ3n) is 7.66. The summed E-state index contributed by atoms with van der Waals surface area (Å²) in [5, 5.41) is 16.6. The molecule has 234 valence electrons. The Hall–Kier alpha value is -4.94. The van der Waals surface area contributed by atoms with Crippen LogP contribution in [0.5, 0.6) is 0 Å². The quantitative estimate of drug-likeness (QED) is 0.0899. The molecule has 0 aromatic heterocycles. The number of fused-ring (bicyclic) bond motifs is 1. The minimum absolute atomic E-state index is 0.00586. The summed E-state index contributed by atoms with van der Waals surface area (Å²) in [4.78, 5) is 28.1. The SMILES string of the molecule is N/C(=N\O)c1cccc(C[C@H](NS(=O)(=O)c2ccc3ccccc3c2)C(=O)N2CCC[C@@H](NC(=O)OCc3ccccc3)C2)c1. The number of nitrogens with two attached hydrogens (primary N) is 1. The lowest BCUT2D eigenvalue weighted by atomic mass is 10.0. The van der Waals surface area contributed by atoms with Gasteiger partial charge in [-0.05, 0) is 59.4 Å². The molecule has 2 amide bonds. The van der Waals surface area contributed by atoms with Gasteiger partial charge in [-0.15, -0.1) is 0 Å². The van der Waals surface area contributed by atoms with Crippen molar-refractivity contribution in [3.8, 4) is 0 Å². The molecule has 4 aromatic rings. The highest BCUT2D eigenvalue weighted by molar-refractivity contribution is 7.89. The zero-order chi connectivity index (χ0) is 31.8. The molecule has 0 radical (unpaired) electrons. The number of alkyl carbamates (subject to hydrolysis) is 1. The van der Waals surface area contributed by atoms with E-state index in [4.69, 9.17) is 15.7 Å². The molecule has 5 N–H and O–H groups in total. The van der Waals surface area contributed by atoms with E-state index >= 15 is 0 Å². The average Bonchev–Trinajstić information content (AvgIpc) is 3.06. The van der Waals surface area contributed by atoms with E-state index < -0.39 is 28.1 Å². The van der Waals surface area contributed by atoms with Gasteiger partial charge >= 0.3 is 6.09 Å². The molecule has 1 fully saturated rings. The smallest absolute Gasteiger partial charge is 0.407 e. The molecule has 1 aliphatic heterocycles. The topological polar surface area (TPSA) is 163 Å². The van der Waals surface area contributed by atoms with Crippen molar-refractivity contribution in [2.75, 3.05) is 13.1 Å². The second kappa shape index (κ2) is 14.2. The Morgan fingerprint density at radius 3 is 2.47 bits per heavy atom. The summed E-state index contributed by atoms with van der Waals surface area (Å²) in [5.41, 5.74) is 7.66. The van der Waals surface area contributed by atoms with E-state index in [1.165, 1.54) is 6.07 Å². The van der Waals surface area contributed by atoms with Gasteiger partial charge in [-0.3, -0.25) is 4.79 Å². The predicted octanol–water partition coefficient (Wildman–Crippen LogP) is 3.74. The van der Waals surface area contributed by atoms with Crippen LogP contribution in [0.1, 0.15) is 29.5 Å². The van der Waals surface area contributed by atoms with Crippen LogP contribution >= 0.6 is 0 Å². The number of sulfonamides is 1. The Labute approximate surface area is 261 Å². The molecule has 45 heavy (non-hydrogen) atoms. The maximum absolute atomic E-state index is 14.0. The molecule has 4 aromatic carbocycles. The number of amidine groups is 1. The third-order valence-corrected chi connectivity index (χ3v) is 9.13. The Kier molecular flexibility index (Phi) is 9.95. The van der Waals surface area contributed by atoms with Crippen molar-refractivity contribution >= 4 is 38.6 Å². The maximum Gasteiger partial charge on any atom is 0.407 e. The molecule has 1 heterocycles. The summed E-state index contributed by atoms with van der Waals surface area (Å²) in [6.07, 6.45) is 0.663. The number of piperidine rings is 1. The van der Waals surface area contributed by atoms with Crippen molar-refractivity contribution in [3.63, 3.8) is 0 Å². The second-order valence-corrected chi connectivity index (χ2v) is 12.6. The first kappa shape index (κ1) is 31.5. The Morgan fingerprint density at radius 1 is 0.956 bits per heavy atom. The molecule has 2 atom stereocenters. The van der Waals surface area contributed by atoms with Gasteiger partial charge in [0.15, 0.2) is 5.84 Å². The molecule has 1 aliphatic rings. The number of carbonyl (C=O) groups excluding carboxylic acids is 2. The fraction of sp³-hybridized carbons (Fsp3) is 0.242. The van der Waals surface area contributed by atoms with Crippen molar-refractivity contribution in [1.82, 2.24) is 14.9 Å². The van der Waals surface area contributed by atoms with Gasteiger partial charge in [0.25, 0.3) is 0 Å². The van der Waals surface area contributed by atoms with Gasteiger partial charge in [0.1, 0.15) is 12.6 Å². The number of hydrogen-bond donors (Lipinski definition) is 4. The molecule has 0 unspecified atom stereocenters. The molecule has 12 heteroatoms. The summed E-state index contributed by atoms with van der Waals surface area (Å²) in [6, 6.07) is 26.7. The number of amides is 2. The lowest BCUT2D eigenvalue weighted by Gasteiger charge is -2.35. The van der Waals surface area contributed by atoms with E-state index in [0.29, 0.717) is 30.5 Å². The number of oxime groups is 1. The lowest BCUT2D eigenvalue weighted by Crippen LogP contribution is -2.55. The molecular weight excluding hydrogens is 594 g/mol. The number of likely N-dealkylation sites (tertiary alicyclic amines) is 1. The monoisotopic (exact) mass is 629 g/mol. The lowest BCUT2D eigenvalue weighted by molar-refractivity contribution is -0.134. The Bertz CT molecular complexity index is 1800. The summed E-state index contributed by atoms with van der Waals surface area (Å²) < 4.78 is 35.3. The predicted molar refractivity (Wildman–Crippen MR) is 170 cm³/mol. The van der Waals surface area contributed by atoms with Crippen LogP contribution in [0.25, 0.3) is 10.8 Å². The first-order valence-corrected chi connectivity index (χ1v) is 16.0. The second-order valence-electron chi connectivity index (χ2n) is 10.9. The van der Waals surface area contributed by atoms with E-state index in [0.717, 1.165) is 16.3 Å². The Morgan fingerprint density at radius 2 is 1.69 bits per heavy atom. The summed E-state index contributed by atoms with van der Waals surface area (Å²) >= 11 is 0. The van der Waals surface area contributed by atoms with Crippen LogP contribution in [0.2, 0.25) is 0 Å². The normalized spacial score (nSPS) is 16.2. The molecule has 0 aliphatic carbocycles. The van der Waals surface area contributed by atoms with Crippen LogP contribution in [0, 0.1) is 0 Å². The van der Waals surface area contributed by atoms with Crippen molar-refractivity contribution in [3.05, 3.63) is 114 Å². The minimum atomic E-state index is -4.13. The standard InChI is InChI=1S/C33H35N5O6S/c34-31(36-41)27-13-6-10-24(18-27)19-30(37-45(42,43)29-16-15-25-11-4-5-12-26(25)20-29)32(39)38-17-7-14-28(21-38)35-33(40)44-22-23-8-2-1-3-9-23/h1-6,8-13,15-16,18,20,28,30,37,41H,7,14,17,19,21-22H2,(H2,34,36)(H,35,40)/t28-,30+/m1/s1. The van der Waals surface area contributed by atoms with Gasteiger partial charge < -0.3 is 25.9 Å². The van der Waals surface area contributed by atoms with Gasteiger partial charge in [0.2, 0.25) is 15.9 Å². The molecule has 11 nitrogen and oxygen atoms in total. The maximum atomic E-state index is 14.0. The molecule has 5 rings (SSSR count). The zero-order valence-corrected chi connectivity index (χ0v) is 25.3. The van der Waals surface area contributed by atoms with E-state index in [-0.39, 0.29) is 36.3 Å². The number of rotatable bonds is 10. The highest BCUT2D eigenvalue weighted by Gasteiger charge is 2.33. The number of nitrogens with one attached hydrogen (secondary N) is 2. The highest BCUT2D eigenvalue weighted by atomic mass is 32.2. The van der Waals surface area contributed by atoms with Crippen LogP contribution in [0.3, 0.4) is 0 Å². The van der Waals surface area contributed by atoms with Gasteiger partial charge in [-0.1, -0.05) is 84.0 Å². The van der Waals surface area contributed by atoms with Crippen LogP contribution < -0.4 is 15.8 Å². The van der Waals surface area contributed by atoms with Gasteiger partial charge in [-0.2, -0.15) is 4.72 Å². The summed E-state index contributed by atoms with van der Waals surface area (Å²) in [6.45, 7) is 0.706. The van der Waals surface area contributed by atoms with Crippen LogP contribution in [0.15, 0.2) is 107 Å². The first-order valence-electron chi connectivity index (χ1n) is 14.6. The fourth-order valence-electron chi connectivity index (χ4n) is 5.37. The third kappa shape index (κ3) is 8.16. The van der Waals surface area contributed by atoms with Crippen LogP contribution in [-0.2, 0) is 32.6 Å². The van der Waals surface area contributed by atoms with Crippen molar-refractivity contribution in [2.24, 2.45) is 10.9 Å². The number of nitrogens with zero attached hydrogens (tertiary/aromatic N) is 2. The van der Waals surface area contributed by atoms with Crippen molar-refractivity contribution in [1.29, 1.82) is 0 Å². The Balaban J connectivity index is 1.34. The van der Waals surface area contributed by atoms with E-state index in [1.807, 2.05) is 54.6 Å². The van der Waals surface area contributed by atoms with Gasteiger partial charge in [-0.25, -0.2) is 13.2 Å². The summed E-state index contributed by atoms with van der Waals surface area (Å²) in [7, 11) is -4.13. The fourth-order valence-corrected chi connectivity index (χ4v) is 6.59. The van der Waals surface area contributed by atoms with E-state index in [1.54, 1.807) is 41.3 Å². The summed E-state index contributed by atoms with van der Waals surface area (Å²) in [5.74, 6) is -0.543. The largest absolute Gasteiger partial charge is 0.445 e. The van der Waals surface area contributed by atoms with Crippen molar-refractivity contribution in [2.45, 2.75) is 42.8 Å². The van der Waals surface area contributed by atoms with Crippen LogP contribution in [-0.4, -0.2) is 61.5 Å². The van der Waals surface area contributed by atoms with Gasteiger partial charge in [0, 0.05) is 24.7 Å². The average molecular weight is 630 g/mol. The zero-order valence-electron chi connectivity index (χ0n) is 24.5. The molecule has 0 bridgehead atoms. The molecular formula is C33H35N5O6S. The first-order chi connectivity index (χ1) is 21.7. The highest BCUT2D eigenvalue weighted by Crippen LogP contribution is 2.21. The number of benzene rings is 4. The van der Waals surface area contributed by atoms with Crippen molar-refractivity contribution < 1.29 is 28.0 Å². The van der Waals surface area contributed by atoms with Gasteiger partial charge in [0.05, 0.1) is 4.90 Å². The van der Waals surface area contributed by atoms with E-state index in [2.05, 4.69) is 15.2 Å². The minimum Gasteiger partial charge on any atom is -0.445 e. The number of hydrogen-bond acceptors (Lipinski definition) is 7. The van der Waals surface area contributed by atoms with E-state index in [9.17, 15) is 18.0 Å². The van der Waals surface area contributed by atoms with Crippen LogP contribution in [0.4, 0.5) is 4.79 Å². The number of ether oxygens (including phenoxy) is 1. The molecule has 0 spiro atoms. The molecule has 1 saturated heterocycles. The molecule has 0 saturated carbocycles. The number of carbonyl (C=O) groups is 2.